The Kier molecular flexibility index (Phi) is 4.80. The minimum Gasteiger partial charge on any atom is -0.361 e. The quantitative estimate of drug-likeness (QED) is 0.682. The molecule has 3 nitrogen and oxygen atoms in total. The number of carbonyl (C=O) groups is 1. The fourth-order valence-corrected chi connectivity index (χ4v) is 2.82. The van der Waals surface area contributed by atoms with E-state index in [0.717, 1.165) is 23.1 Å². The first-order valence-corrected chi connectivity index (χ1v) is 8.21. The van der Waals surface area contributed by atoms with E-state index >= 15 is 0 Å². The lowest BCUT2D eigenvalue weighted by molar-refractivity contribution is -0.116. The molecule has 3 rings (SSSR count). The Hall–Kier alpha value is -2.81. The number of aromatic nitrogens is 1. The molecule has 0 bridgehead atoms. The maximum Gasteiger partial charge on any atom is 0.244 e. The van der Waals surface area contributed by atoms with Crippen LogP contribution in [0.3, 0.4) is 0 Å². The van der Waals surface area contributed by atoms with Crippen molar-refractivity contribution in [3.05, 3.63) is 77.0 Å². The second kappa shape index (κ2) is 7.18. The van der Waals surface area contributed by atoms with E-state index in [0.29, 0.717) is 6.54 Å². The third-order valence-electron chi connectivity index (χ3n) is 4.22. The summed E-state index contributed by atoms with van der Waals surface area (Å²) in [5.41, 5.74) is 5.85. The van der Waals surface area contributed by atoms with Gasteiger partial charge in [0.25, 0.3) is 0 Å². The lowest BCUT2D eigenvalue weighted by atomic mass is 10.1. The van der Waals surface area contributed by atoms with Gasteiger partial charge in [-0.25, -0.2) is 0 Å². The smallest absolute Gasteiger partial charge is 0.244 e. The van der Waals surface area contributed by atoms with E-state index in [1.54, 1.807) is 6.08 Å². The minimum absolute atomic E-state index is 0.0609. The molecule has 2 aromatic carbocycles. The van der Waals surface area contributed by atoms with Crippen LogP contribution in [0.15, 0.2) is 54.7 Å². The molecule has 2 N–H and O–H groups in total. The summed E-state index contributed by atoms with van der Waals surface area (Å²) in [6.45, 7) is 4.75. The van der Waals surface area contributed by atoms with E-state index in [1.165, 1.54) is 16.5 Å². The van der Waals surface area contributed by atoms with Crippen molar-refractivity contribution in [2.45, 2.75) is 20.3 Å². The van der Waals surface area contributed by atoms with E-state index < -0.39 is 0 Å². The Morgan fingerprint density at radius 2 is 2.00 bits per heavy atom. The van der Waals surface area contributed by atoms with Crippen LogP contribution >= 0.6 is 0 Å². The predicted octanol–water partition coefficient (Wildman–Crippen LogP) is 4.16. The van der Waals surface area contributed by atoms with Gasteiger partial charge in [-0.15, -0.1) is 0 Å². The van der Waals surface area contributed by atoms with Gasteiger partial charge in [0.2, 0.25) is 5.91 Å². The zero-order valence-electron chi connectivity index (χ0n) is 14.1. The first-order valence-electron chi connectivity index (χ1n) is 8.21. The van der Waals surface area contributed by atoms with Gasteiger partial charge in [0.05, 0.1) is 0 Å². The van der Waals surface area contributed by atoms with Crippen molar-refractivity contribution in [3.63, 3.8) is 0 Å². The summed E-state index contributed by atoms with van der Waals surface area (Å²) in [7, 11) is 0. The Morgan fingerprint density at radius 1 is 1.17 bits per heavy atom. The number of hydrogen-bond acceptors (Lipinski definition) is 1. The SMILES string of the molecule is Cc1ccc2[nH]cc(CCNC(=O)/C=C/c3ccccc3C)c2c1. The maximum absolute atomic E-state index is 12.0. The van der Waals surface area contributed by atoms with Crippen LogP contribution in [0.2, 0.25) is 0 Å². The fraction of sp³-hybridized carbons (Fsp3) is 0.190. The number of nitrogens with one attached hydrogen (secondary N) is 2. The van der Waals surface area contributed by atoms with Gasteiger partial charge in [-0.2, -0.15) is 0 Å². The van der Waals surface area contributed by atoms with Gasteiger partial charge < -0.3 is 10.3 Å². The molecule has 0 spiro atoms. The molecule has 1 aromatic heterocycles. The van der Waals surface area contributed by atoms with Gasteiger partial charge >= 0.3 is 0 Å². The molecule has 0 fully saturated rings. The van der Waals surface area contributed by atoms with Gasteiger partial charge in [-0.05, 0) is 55.2 Å². The molecular weight excluding hydrogens is 296 g/mol. The van der Waals surface area contributed by atoms with Crippen molar-refractivity contribution >= 4 is 22.9 Å². The highest BCUT2D eigenvalue weighted by Gasteiger charge is 2.04. The molecule has 122 valence electrons. The molecule has 0 atom stereocenters. The highest BCUT2D eigenvalue weighted by molar-refractivity contribution is 5.92. The molecule has 24 heavy (non-hydrogen) atoms. The van der Waals surface area contributed by atoms with Gasteiger partial charge in [-0.1, -0.05) is 35.9 Å². The summed E-state index contributed by atoms with van der Waals surface area (Å²) in [5.74, 6) is -0.0609. The molecule has 0 saturated carbocycles. The van der Waals surface area contributed by atoms with Crippen molar-refractivity contribution in [1.82, 2.24) is 10.3 Å². The van der Waals surface area contributed by atoms with Crippen LogP contribution in [-0.2, 0) is 11.2 Å². The van der Waals surface area contributed by atoms with E-state index in [4.69, 9.17) is 0 Å². The summed E-state index contributed by atoms with van der Waals surface area (Å²) in [5, 5.41) is 4.19. The molecule has 3 heteroatoms. The van der Waals surface area contributed by atoms with Crippen molar-refractivity contribution in [1.29, 1.82) is 0 Å². The van der Waals surface area contributed by atoms with E-state index in [1.807, 2.05) is 43.5 Å². The van der Waals surface area contributed by atoms with Crippen molar-refractivity contribution in [3.8, 4) is 0 Å². The average molecular weight is 318 g/mol. The van der Waals surface area contributed by atoms with Crippen LogP contribution in [-0.4, -0.2) is 17.4 Å². The van der Waals surface area contributed by atoms with Crippen LogP contribution in [0.25, 0.3) is 17.0 Å². The number of H-pyrrole nitrogens is 1. The number of rotatable bonds is 5. The molecule has 0 aliphatic heterocycles. The maximum atomic E-state index is 12.0. The van der Waals surface area contributed by atoms with Crippen molar-refractivity contribution in [2.75, 3.05) is 6.54 Å². The third kappa shape index (κ3) is 3.74. The first kappa shape index (κ1) is 16.1. The number of hydrogen-bond donors (Lipinski definition) is 2. The van der Waals surface area contributed by atoms with Crippen LogP contribution < -0.4 is 5.32 Å². The molecule has 0 saturated heterocycles. The molecular formula is C21H22N2O. The van der Waals surface area contributed by atoms with Crippen molar-refractivity contribution < 1.29 is 4.79 Å². The lowest BCUT2D eigenvalue weighted by Crippen LogP contribution is -2.23. The minimum atomic E-state index is -0.0609. The van der Waals surface area contributed by atoms with Gasteiger partial charge in [0, 0.05) is 29.7 Å². The molecule has 0 aliphatic rings. The number of amides is 1. The molecule has 0 unspecified atom stereocenters. The predicted molar refractivity (Wildman–Crippen MR) is 100.0 cm³/mol. The second-order valence-electron chi connectivity index (χ2n) is 6.09. The Bertz CT molecular complexity index is 890. The average Bonchev–Trinajstić information content (AvgIpc) is 2.96. The van der Waals surface area contributed by atoms with Crippen LogP contribution in [0.1, 0.15) is 22.3 Å². The monoisotopic (exact) mass is 318 g/mol. The Labute approximate surface area is 142 Å². The summed E-state index contributed by atoms with van der Waals surface area (Å²) >= 11 is 0. The number of benzene rings is 2. The van der Waals surface area contributed by atoms with Gasteiger partial charge in [0.1, 0.15) is 0 Å². The summed E-state index contributed by atoms with van der Waals surface area (Å²) < 4.78 is 0. The number of fused-ring (bicyclic) bond motifs is 1. The van der Waals surface area contributed by atoms with Gasteiger partial charge in [-0.3, -0.25) is 4.79 Å². The van der Waals surface area contributed by atoms with Crippen LogP contribution in [0.4, 0.5) is 0 Å². The van der Waals surface area contributed by atoms with E-state index in [-0.39, 0.29) is 5.91 Å². The van der Waals surface area contributed by atoms with Gasteiger partial charge in [0.15, 0.2) is 0 Å². The summed E-state index contributed by atoms with van der Waals surface area (Å²) in [6, 6.07) is 14.4. The van der Waals surface area contributed by atoms with Crippen LogP contribution in [0.5, 0.6) is 0 Å². The standard InChI is InChI=1S/C21H22N2O/c1-15-7-9-20-19(13-15)18(14-23-20)11-12-22-21(24)10-8-17-6-4-3-5-16(17)2/h3-10,13-14,23H,11-12H2,1-2H3,(H,22,24)/b10-8+. The molecule has 3 aromatic rings. The van der Waals surface area contributed by atoms with E-state index in [9.17, 15) is 4.79 Å². The number of aryl methyl sites for hydroxylation is 2. The lowest BCUT2D eigenvalue weighted by Gasteiger charge is -2.03. The normalized spacial score (nSPS) is 11.2. The third-order valence-corrected chi connectivity index (χ3v) is 4.22. The van der Waals surface area contributed by atoms with Crippen LogP contribution in [0, 0.1) is 13.8 Å². The molecule has 1 amide bonds. The first-order chi connectivity index (χ1) is 11.6. The molecule has 0 aliphatic carbocycles. The zero-order valence-corrected chi connectivity index (χ0v) is 14.1. The summed E-state index contributed by atoms with van der Waals surface area (Å²) in [6.07, 6.45) is 6.30. The molecule has 0 radical (unpaired) electrons. The zero-order chi connectivity index (χ0) is 16.9. The Morgan fingerprint density at radius 3 is 2.83 bits per heavy atom. The number of aromatic amines is 1. The largest absolute Gasteiger partial charge is 0.361 e. The topological polar surface area (TPSA) is 44.9 Å². The highest BCUT2D eigenvalue weighted by Crippen LogP contribution is 2.19. The van der Waals surface area contributed by atoms with E-state index in [2.05, 4.69) is 35.4 Å². The van der Waals surface area contributed by atoms with Crippen molar-refractivity contribution in [2.24, 2.45) is 0 Å². The number of carbonyl (C=O) groups excluding carboxylic acids is 1. The highest BCUT2D eigenvalue weighted by atomic mass is 16.1. The summed E-state index contributed by atoms with van der Waals surface area (Å²) in [4.78, 5) is 15.2. The molecule has 1 heterocycles. The Balaban J connectivity index is 1.57. The fourth-order valence-electron chi connectivity index (χ4n) is 2.82. The second-order valence-corrected chi connectivity index (χ2v) is 6.09.